The van der Waals surface area contributed by atoms with E-state index in [0.717, 1.165) is 5.69 Å². The van der Waals surface area contributed by atoms with E-state index in [4.69, 9.17) is 28.9 Å². The van der Waals surface area contributed by atoms with Crippen LogP contribution in [0.15, 0.2) is 24.3 Å². The average molecular weight is 279 g/mol. The molecule has 0 amide bonds. The molecule has 2 rings (SSSR count). The fourth-order valence-electron chi connectivity index (χ4n) is 1.82. The summed E-state index contributed by atoms with van der Waals surface area (Å²) in [4.78, 5) is 2.91. The highest BCUT2D eigenvalue weighted by atomic mass is 35.5. The van der Waals surface area contributed by atoms with E-state index >= 15 is 0 Å². The molecular formula is C13H10Cl2N3+. The Morgan fingerprint density at radius 2 is 1.89 bits per heavy atom. The minimum atomic E-state index is 0.309. The number of hydrogen-bond acceptors (Lipinski definition) is 2. The molecule has 1 aromatic carbocycles. The summed E-state index contributed by atoms with van der Waals surface area (Å²) in [7, 11) is 0. The van der Waals surface area contributed by atoms with Gasteiger partial charge in [-0.25, -0.2) is 4.98 Å². The van der Waals surface area contributed by atoms with E-state index in [1.165, 1.54) is 0 Å². The van der Waals surface area contributed by atoms with Gasteiger partial charge in [0.25, 0.3) is 5.82 Å². The number of aromatic nitrogens is 1. The number of aryl methyl sites for hydroxylation is 1. The Balaban J connectivity index is 2.84. The molecule has 0 fully saturated rings. The molecule has 0 saturated carbocycles. The summed E-state index contributed by atoms with van der Waals surface area (Å²) >= 11 is 12.3. The van der Waals surface area contributed by atoms with Gasteiger partial charge in [0.2, 0.25) is 0 Å². The summed E-state index contributed by atoms with van der Waals surface area (Å²) in [6, 6.07) is 9.09. The number of halogens is 2. The maximum atomic E-state index is 9.20. The van der Waals surface area contributed by atoms with Crippen LogP contribution in [0.3, 0.4) is 0 Å². The lowest BCUT2D eigenvalue weighted by molar-refractivity contribution is -0.370. The molecule has 0 aliphatic carbocycles. The third-order valence-corrected chi connectivity index (χ3v) is 3.21. The number of hydrogen-bond donors (Lipinski definition) is 1. The maximum Gasteiger partial charge on any atom is 0.289 e. The Labute approximate surface area is 115 Å². The zero-order valence-electron chi connectivity index (χ0n) is 9.59. The molecule has 2 aromatic rings. The number of nitrogen functional groups attached to an aromatic ring is 1. The normalized spacial score (nSPS) is 10.1. The van der Waals surface area contributed by atoms with Crippen LogP contribution in [-0.4, -0.2) is 0 Å². The number of nitrogens with two attached hydrogens (primary N) is 1. The van der Waals surface area contributed by atoms with Crippen molar-refractivity contribution in [1.29, 1.82) is 5.26 Å². The quantitative estimate of drug-likeness (QED) is 0.870. The van der Waals surface area contributed by atoms with E-state index < -0.39 is 0 Å². The van der Waals surface area contributed by atoms with Crippen LogP contribution in [-0.2, 0) is 0 Å². The lowest BCUT2D eigenvalue weighted by Crippen LogP contribution is -2.16. The van der Waals surface area contributed by atoms with Crippen molar-refractivity contribution in [2.24, 2.45) is 0 Å². The molecule has 0 spiro atoms. The molecule has 18 heavy (non-hydrogen) atoms. The minimum Gasteiger partial charge on any atom is -0.286 e. The molecule has 3 N–H and O–H groups in total. The minimum absolute atomic E-state index is 0.309. The average Bonchev–Trinajstić information content (AvgIpc) is 2.28. The van der Waals surface area contributed by atoms with Gasteiger partial charge in [0.1, 0.15) is 11.6 Å². The SMILES string of the molecule is Cc1cc(-c2c(Cl)cccc2Cl)c(C#N)c(N)[nH+]1. The van der Waals surface area contributed by atoms with E-state index in [1.807, 2.05) is 13.0 Å². The van der Waals surface area contributed by atoms with E-state index in [0.29, 0.717) is 32.6 Å². The van der Waals surface area contributed by atoms with Crippen LogP contribution in [0, 0.1) is 18.3 Å². The van der Waals surface area contributed by atoms with Crippen LogP contribution in [0.4, 0.5) is 5.82 Å². The van der Waals surface area contributed by atoms with E-state index in [2.05, 4.69) is 11.1 Å². The summed E-state index contributed by atoms with van der Waals surface area (Å²) in [5, 5.41) is 10.2. The Hall–Kier alpha value is -1.76. The van der Waals surface area contributed by atoms with Crippen LogP contribution in [0.1, 0.15) is 11.3 Å². The third-order valence-electron chi connectivity index (χ3n) is 2.58. The maximum absolute atomic E-state index is 9.20. The number of benzene rings is 1. The third kappa shape index (κ3) is 2.13. The fourth-order valence-corrected chi connectivity index (χ4v) is 2.42. The number of nitriles is 1. The first-order chi connectivity index (χ1) is 8.54. The van der Waals surface area contributed by atoms with Gasteiger partial charge in [0.15, 0.2) is 0 Å². The molecule has 5 heteroatoms. The van der Waals surface area contributed by atoms with Crippen LogP contribution in [0.2, 0.25) is 10.0 Å². The molecule has 0 atom stereocenters. The van der Waals surface area contributed by atoms with Gasteiger partial charge in [0, 0.05) is 21.2 Å². The number of aromatic amines is 1. The highest BCUT2D eigenvalue weighted by Gasteiger charge is 2.18. The molecule has 1 aromatic heterocycles. The van der Waals surface area contributed by atoms with Crippen LogP contribution in [0.5, 0.6) is 0 Å². The van der Waals surface area contributed by atoms with Crippen molar-refractivity contribution < 1.29 is 4.98 Å². The zero-order chi connectivity index (χ0) is 13.3. The molecule has 0 aliphatic heterocycles. The molecule has 0 radical (unpaired) electrons. The predicted molar refractivity (Wildman–Crippen MR) is 72.3 cm³/mol. The summed E-state index contributed by atoms with van der Waals surface area (Å²) in [6.45, 7) is 1.85. The van der Waals surface area contributed by atoms with Crippen molar-refractivity contribution >= 4 is 29.0 Å². The lowest BCUT2D eigenvalue weighted by atomic mass is 10.0. The van der Waals surface area contributed by atoms with Crippen molar-refractivity contribution in [3.63, 3.8) is 0 Å². The molecule has 0 aliphatic rings. The van der Waals surface area contributed by atoms with Gasteiger partial charge in [-0.2, -0.15) is 5.26 Å². The topological polar surface area (TPSA) is 64.0 Å². The Morgan fingerprint density at radius 3 is 2.44 bits per heavy atom. The fraction of sp³-hybridized carbons (Fsp3) is 0.0769. The molecule has 0 saturated heterocycles. The summed E-state index contributed by atoms with van der Waals surface area (Å²) < 4.78 is 0. The van der Waals surface area contributed by atoms with Gasteiger partial charge < -0.3 is 0 Å². The summed E-state index contributed by atoms with van der Waals surface area (Å²) in [5.74, 6) is 0.309. The highest BCUT2D eigenvalue weighted by molar-refractivity contribution is 6.39. The lowest BCUT2D eigenvalue weighted by Gasteiger charge is -2.09. The number of pyridine rings is 1. The first-order valence-electron chi connectivity index (χ1n) is 5.21. The van der Waals surface area contributed by atoms with Gasteiger partial charge >= 0.3 is 0 Å². The molecule has 0 bridgehead atoms. The van der Waals surface area contributed by atoms with E-state index in [9.17, 15) is 5.26 Å². The largest absolute Gasteiger partial charge is 0.289 e. The number of nitrogens with one attached hydrogen (secondary N) is 1. The van der Waals surface area contributed by atoms with Crippen molar-refractivity contribution in [1.82, 2.24) is 0 Å². The van der Waals surface area contributed by atoms with Gasteiger partial charge in [-0.3, -0.25) is 5.73 Å². The first kappa shape index (κ1) is 12.7. The predicted octanol–water partition coefficient (Wildman–Crippen LogP) is 3.24. The monoisotopic (exact) mass is 278 g/mol. The molecule has 3 nitrogen and oxygen atoms in total. The van der Waals surface area contributed by atoms with Crippen molar-refractivity contribution in [2.45, 2.75) is 6.92 Å². The van der Waals surface area contributed by atoms with Crippen molar-refractivity contribution in [3.8, 4) is 17.2 Å². The number of anilines is 1. The smallest absolute Gasteiger partial charge is 0.286 e. The number of rotatable bonds is 1. The van der Waals surface area contributed by atoms with Gasteiger partial charge in [-0.15, -0.1) is 0 Å². The first-order valence-corrected chi connectivity index (χ1v) is 5.97. The van der Waals surface area contributed by atoms with Gasteiger partial charge in [0.05, 0.1) is 5.69 Å². The van der Waals surface area contributed by atoms with Gasteiger partial charge in [-0.1, -0.05) is 29.3 Å². The molecule has 0 unspecified atom stereocenters. The second kappa shape index (κ2) is 4.85. The Kier molecular flexibility index (Phi) is 3.42. The van der Waals surface area contributed by atoms with Crippen LogP contribution < -0.4 is 10.7 Å². The van der Waals surface area contributed by atoms with Crippen LogP contribution >= 0.6 is 23.2 Å². The summed E-state index contributed by atoms with van der Waals surface area (Å²) in [5.41, 5.74) is 8.25. The molecule has 1 heterocycles. The number of H-pyrrole nitrogens is 1. The van der Waals surface area contributed by atoms with Gasteiger partial charge in [-0.05, 0) is 25.1 Å². The van der Waals surface area contributed by atoms with E-state index in [-0.39, 0.29) is 0 Å². The number of nitrogens with zero attached hydrogens (tertiary/aromatic N) is 1. The standard InChI is InChI=1S/C13H9Cl2N3/c1-7-5-8(9(6-16)13(17)18-7)12-10(14)3-2-4-11(12)15/h2-5H,1H3,(H2,17,18)/p+1. The van der Waals surface area contributed by atoms with Crippen molar-refractivity contribution in [2.75, 3.05) is 5.73 Å². The highest BCUT2D eigenvalue weighted by Crippen LogP contribution is 2.37. The molecular weight excluding hydrogens is 269 g/mol. The van der Waals surface area contributed by atoms with Crippen molar-refractivity contribution in [3.05, 3.63) is 45.6 Å². The Bertz CT molecular complexity index is 640. The Morgan fingerprint density at radius 1 is 1.28 bits per heavy atom. The second-order valence-electron chi connectivity index (χ2n) is 3.86. The van der Waals surface area contributed by atoms with Crippen LogP contribution in [0.25, 0.3) is 11.1 Å². The zero-order valence-corrected chi connectivity index (χ0v) is 11.1. The van der Waals surface area contributed by atoms with E-state index in [1.54, 1.807) is 18.2 Å². The molecule has 90 valence electrons. The second-order valence-corrected chi connectivity index (χ2v) is 4.68. The summed E-state index contributed by atoms with van der Waals surface area (Å²) in [6.07, 6.45) is 0.